The third kappa shape index (κ3) is 2.86. The first-order valence-corrected chi connectivity index (χ1v) is 4.58. The highest BCUT2D eigenvalue weighted by Gasteiger charge is 2.28. The summed E-state index contributed by atoms with van der Waals surface area (Å²) in [6.07, 6.45) is 0. The quantitative estimate of drug-likeness (QED) is 0.446. The number of phosphoric acid groups is 1. The molecular formula is C4H10NO5P. The summed E-state index contributed by atoms with van der Waals surface area (Å²) in [5, 5.41) is 1.13. The predicted molar refractivity (Wildman–Crippen MR) is 35.5 cm³/mol. The Labute approximate surface area is 63.9 Å². The highest BCUT2D eigenvalue weighted by Crippen LogP contribution is 2.37. The Hall–Kier alpha value is 0.0300. The van der Waals surface area contributed by atoms with Gasteiger partial charge in [0.25, 0.3) is 0 Å². The number of likely N-dealkylation sites (N-methyl/N-ethyl adjacent to an activating group) is 1. The maximum absolute atomic E-state index is 10.3. The fourth-order valence-corrected chi connectivity index (χ4v) is 1.14. The zero-order valence-electron chi connectivity index (χ0n) is 6.01. The molecular weight excluding hydrogens is 173 g/mol. The smallest absolute Gasteiger partial charge is 0.378 e. The molecule has 6 nitrogen and oxygen atoms in total. The molecule has 0 unspecified atom stereocenters. The molecule has 2 N–H and O–H groups in total. The fraction of sp³-hybridized carbons (Fsp3) is 1.00. The molecule has 0 atom stereocenters. The molecule has 1 fully saturated rings. The second-order valence-electron chi connectivity index (χ2n) is 2.31. The van der Waals surface area contributed by atoms with Gasteiger partial charge in [0.05, 0.1) is 19.3 Å². The Morgan fingerprint density at radius 2 is 2.18 bits per heavy atom. The Kier molecular flexibility index (Phi) is 2.64. The van der Waals surface area contributed by atoms with Gasteiger partial charge in [-0.1, -0.05) is 0 Å². The van der Waals surface area contributed by atoms with Crippen LogP contribution in [0.3, 0.4) is 0 Å². The van der Waals surface area contributed by atoms with E-state index < -0.39 is 7.82 Å². The van der Waals surface area contributed by atoms with Gasteiger partial charge in [0, 0.05) is 7.05 Å². The van der Waals surface area contributed by atoms with Crippen molar-refractivity contribution in [2.45, 2.75) is 6.04 Å². The predicted octanol–water partition coefficient (Wildman–Crippen LogP) is -0.659. The lowest BCUT2D eigenvalue weighted by Gasteiger charge is -2.32. The lowest BCUT2D eigenvalue weighted by Crippen LogP contribution is -2.46. The molecule has 0 radical (unpaired) electrons. The van der Waals surface area contributed by atoms with E-state index in [1.165, 1.54) is 7.05 Å². The van der Waals surface area contributed by atoms with Crippen LogP contribution >= 0.6 is 7.82 Å². The van der Waals surface area contributed by atoms with Gasteiger partial charge >= 0.3 is 7.82 Å². The van der Waals surface area contributed by atoms with Crippen molar-refractivity contribution in [2.24, 2.45) is 0 Å². The average molecular weight is 183 g/mol. The molecule has 7 heteroatoms. The van der Waals surface area contributed by atoms with E-state index in [-0.39, 0.29) is 6.04 Å². The highest BCUT2D eigenvalue weighted by molar-refractivity contribution is 7.46. The summed E-state index contributed by atoms with van der Waals surface area (Å²) in [6, 6.07) is -0.0392. The standard InChI is InChI=1S/C4H10NO5P/c1-5(4-2-9-3-4)10-11(6,7)8/h4H,2-3H2,1H3,(H2,6,7,8). The molecule has 1 saturated heterocycles. The number of rotatable bonds is 3. The number of hydrogen-bond donors (Lipinski definition) is 2. The molecule has 0 aromatic carbocycles. The van der Waals surface area contributed by atoms with Crippen molar-refractivity contribution in [3.8, 4) is 0 Å². The molecule has 0 aromatic rings. The molecule has 66 valence electrons. The van der Waals surface area contributed by atoms with Crippen LogP contribution in [0.5, 0.6) is 0 Å². The molecule has 0 spiro atoms. The molecule has 0 bridgehead atoms. The third-order valence-electron chi connectivity index (χ3n) is 1.37. The average Bonchev–Trinajstić information content (AvgIpc) is 1.50. The third-order valence-corrected chi connectivity index (χ3v) is 1.84. The summed E-state index contributed by atoms with van der Waals surface area (Å²) < 4.78 is 19.3. The lowest BCUT2D eigenvalue weighted by atomic mass is 10.3. The summed E-state index contributed by atoms with van der Waals surface area (Å²) in [5.74, 6) is 0. The van der Waals surface area contributed by atoms with Gasteiger partial charge in [-0.3, -0.25) is 0 Å². The molecule has 0 aromatic heterocycles. The van der Waals surface area contributed by atoms with Gasteiger partial charge in [0.15, 0.2) is 0 Å². The molecule has 1 aliphatic heterocycles. The van der Waals surface area contributed by atoms with E-state index in [1.807, 2.05) is 0 Å². The SMILES string of the molecule is CN(OP(=O)(O)O)C1COC1. The molecule has 1 heterocycles. The van der Waals surface area contributed by atoms with Crippen LogP contribution in [0.1, 0.15) is 0 Å². The van der Waals surface area contributed by atoms with Crippen LogP contribution in [0.25, 0.3) is 0 Å². The number of nitrogens with zero attached hydrogens (tertiary/aromatic N) is 1. The topological polar surface area (TPSA) is 79.2 Å². The van der Waals surface area contributed by atoms with Crippen LogP contribution in [0.15, 0.2) is 0 Å². The molecule has 0 aliphatic carbocycles. The fourth-order valence-electron chi connectivity index (χ4n) is 0.668. The minimum absolute atomic E-state index is 0.0392. The Balaban J connectivity index is 2.30. The van der Waals surface area contributed by atoms with Crippen LogP contribution in [0, 0.1) is 0 Å². The molecule has 1 rings (SSSR count). The van der Waals surface area contributed by atoms with Gasteiger partial charge in [0.1, 0.15) is 0 Å². The summed E-state index contributed by atoms with van der Waals surface area (Å²) in [5.41, 5.74) is 0. The summed E-state index contributed by atoms with van der Waals surface area (Å²) in [4.78, 5) is 16.7. The zero-order valence-corrected chi connectivity index (χ0v) is 6.90. The van der Waals surface area contributed by atoms with E-state index in [2.05, 4.69) is 4.62 Å². The van der Waals surface area contributed by atoms with Crippen molar-refractivity contribution < 1.29 is 23.7 Å². The Morgan fingerprint density at radius 1 is 1.64 bits per heavy atom. The first-order chi connectivity index (χ1) is 4.99. The van der Waals surface area contributed by atoms with Gasteiger partial charge < -0.3 is 14.5 Å². The van der Waals surface area contributed by atoms with Crippen LogP contribution < -0.4 is 0 Å². The molecule has 11 heavy (non-hydrogen) atoms. The van der Waals surface area contributed by atoms with E-state index >= 15 is 0 Å². The monoisotopic (exact) mass is 183 g/mol. The second kappa shape index (κ2) is 3.18. The van der Waals surface area contributed by atoms with E-state index in [1.54, 1.807) is 0 Å². The summed E-state index contributed by atoms with van der Waals surface area (Å²) >= 11 is 0. The maximum Gasteiger partial charge on any atom is 0.486 e. The van der Waals surface area contributed by atoms with Crippen molar-refractivity contribution >= 4 is 7.82 Å². The van der Waals surface area contributed by atoms with Gasteiger partial charge in [-0.05, 0) is 0 Å². The van der Waals surface area contributed by atoms with Crippen LogP contribution in [-0.4, -0.2) is 41.2 Å². The van der Waals surface area contributed by atoms with Crippen molar-refractivity contribution in [1.29, 1.82) is 0 Å². The van der Waals surface area contributed by atoms with Crippen LogP contribution in [-0.2, 0) is 13.9 Å². The van der Waals surface area contributed by atoms with Gasteiger partial charge in [0.2, 0.25) is 0 Å². The van der Waals surface area contributed by atoms with Crippen LogP contribution in [0.4, 0.5) is 0 Å². The molecule has 0 saturated carbocycles. The minimum Gasteiger partial charge on any atom is -0.378 e. The van der Waals surface area contributed by atoms with Crippen LogP contribution in [0.2, 0.25) is 0 Å². The maximum atomic E-state index is 10.3. The normalized spacial score (nSPS) is 20.4. The second-order valence-corrected chi connectivity index (χ2v) is 3.45. The molecule has 0 amide bonds. The van der Waals surface area contributed by atoms with Gasteiger partial charge in [-0.15, -0.1) is 0 Å². The minimum atomic E-state index is -4.38. The van der Waals surface area contributed by atoms with Crippen molar-refractivity contribution in [3.63, 3.8) is 0 Å². The van der Waals surface area contributed by atoms with E-state index in [9.17, 15) is 4.57 Å². The number of hydroxylamine groups is 2. The van der Waals surface area contributed by atoms with Gasteiger partial charge in [-0.25, -0.2) is 4.57 Å². The van der Waals surface area contributed by atoms with Gasteiger partial charge in [-0.2, -0.15) is 9.69 Å². The van der Waals surface area contributed by atoms with E-state index in [0.29, 0.717) is 13.2 Å². The first-order valence-electron chi connectivity index (χ1n) is 3.05. The molecule has 1 aliphatic rings. The first kappa shape index (κ1) is 9.12. The largest absolute Gasteiger partial charge is 0.486 e. The highest BCUT2D eigenvalue weighted by atomic mass is 31.2. The van der Waals surface area contributed by atoms with E-state index in [4.69, 9.17) is 14.5 Å². The van der Waals surface area contributed by atoms with Crippen molar-refractivity contribution in [2.75, 3.05) is 20.3 Å². The Morgan fingerprint density at radius 3 is 2.45 bits per heavy atom. The summed E-state index contributed by atoms with van der Waals surface area (Å²) in [7, 11) is -2.92. The zero-order chi connectivity index (χ0) is 8.48. The summed E-state index contributed by atoms with van der Waals surface area (Å²) in [6.45, 7) is 0.910. The van der Waals surface area contributed by atoms with Crippen molar-refractivity contribution in [1.82, 2.24) is 5.06 Å². The van der Waals surface area contributed by atoms with Crippen molar-refractivity contribution in [3.05, 3.63) is 0 Å². The number of hydrogen-bond acceptors (Lipinski definition) is 4. The number of ether oxygens (including phenoxy) is 1. The lowest BCUT2D eigenvalue weighted by molar-refractivity contribution is -0.173. The Bertz CT molecular complexity index is 175. The van der Waals surface area contributed by atoms with E-state index in [0.717, 1.165) is 5.06 Å².